The van der Waals surface area contributed by atoms with E-state index in [0.29, 0.717) is 11.5 Å². The zero-order chi connectivity index (χ0) is 19.8. The highest BCUT2D eigenvalue weighted by atomic mass is 19.1. The molecule has 1 atom stereocenters. The number of fused-ring (bicyclic) bond motifs is 2. The van der Waals surface area contributed by atoms with Crippen molar-refractivity contribution in [3.05, 3.63) is 72.8 Å². The van der Waals surface area contributed by atoms with Crippen LogP contribution in [0.25, 0.3) is 27.9 Å². The second kappa shape index (κ2) is 6.97. The van der Waals surface area contributed by atoms with Crippen molar-refractivity contribution in [2.24, 2.45) is 0 Å². The van der Waals surface area contributed by atoms with Crippen molar-refractivity contribution in [1.82, 2.24) is 29.5 Å². The number of rotatable bonds is 5. The Labute approximate surface area is 165 Å². The molecule has 0 fully saturated rings. The summed E-state index contributed by atoms with van der Waals surface area (Å²) < 4.78 is 16.0. The van der Waals surface area contributed by atoms with Gasteiger partial charge in [-0.1, -0.05) is 25.1 Å². The van der Waals surface area contributed by atoms with Gasteiger partial charge in [-0.2, -0.15) is 0 Å². The van der Waals surface area contributed by atoms with Gasteiger partial charge in [-0.05, 0) is 30.7 Å². The van der Waals surface area contributed by atoms with E-state index in [0.717, 1.165) is 34.5 Å². The molecule has 144 valence electrons. The van der Waals surface area contributed by atoms with Crippen molar-refractivity contribution in [3.8, 4) is 5.69 Å². The highest BCUT2D eigenvalue weighted by Crippen LogP contribution is 2.30. The summed E-state index contributed by atoms with van der Waals surface area (Å²) in [6, 6.07) is 14.3. The molecule has 0 saturated heterocycles. The molecule has 8 heteroatoms. The van der Waals surface area contributed by atoms with Gasteiger partial charge in [0.2, 0.25) is 0 Å². The molecule has 0 aliphatic rings. The fraction of sp³-hybridized carbons (Fsp3) is 0.143. The zero-order valence-electron chi connectivity index (χ0n) is 15.7. The summed E-state index contributed by atoms with van der Waals surface area (Å²) in [5.41, 5.74) is 3.71. The lowest BCUT2D eigenvalue weighted by Gasteiger charge is -2.19. The molecule has 0 aliphatic heterocycles. The normalized spacial score (nSPS) is 12.5. The number of H-pyrrole nitrogens is 1. The van der Waals surface area contributed by atoms with E-state index in [1.54, 1.807) is 12.4 Å². The van der Waals surface area contributed by atoms with Gasteiger partial charge in [0.15, 0.2) is 11.5 Å². The maximum atomic E-state index is 14.0. The van der Waals surface area contributed by atoms with E-state index in [1.165, 1.54) is 18.5 Å². The van der Waals surface area contributed by atoms with Crippen LogP contribution in [0.5, 0.6) is 0 Å². The average Bonchev–Trinajstić information content (AvgIpc) is 3.37. The average molecular weight is 387 g/mol. The number of para-hydroxylation sites is 1. The molecule has 5 rings (SSSR count). The van der Waals surface area contributed by atoms with Crippen molar-refractivity contribution in [2.75, 3.05) is 5.32 Å². The van der Waals surface area contributed by atoms with Crippen LogP contribution >= 0.6 is 0 Å². The number of imidazole rings is 2. The first-order valence-corrected chi connectivity index (χ1v) is 9.38. The number of aromatic amines is 1. The first-order valence-electron chi connectivity index (χ1n) is 9.38. The van der Waals surface area contributed by atoms with Gasteiger partial charge in [-0.3, -0.25) is 4.57 Å². The minimum atomic E-state index is -0.294. The van der Waals surface area contributed by atoms with Gasteiger partial charge >= 0.3 is 0 Å². The summed E-state index contributed by atoms with van der Waals surface area (Å²) in [6.07, 6.45) is 3.82. The molecule has 29 heavy (non-hydrogen) atoms. The van der Waals surface area contributed by atoms with Crippen molar-refractivity contribution in [3.63, 3.8) is 0 Å². The number of nitrogens with one attached hydrogen (secondary N) is 2. The van der Waals surface area contributed by atoms with E-state index >= 15 is 0 Å². The largest absolute Gasteiger partial charge is 0.358 e. The number of aromatic nitrogens is 6. The van der Waals surface area contributed by atoms with Crippen LogP contribution in [0.4, 0.5) is 10.2 Å². The first-order chi connectivity index (χ1) is 14.2. The predicted molar refractivity (Wildman–Crippen MR) is 109 cm³/mol. The van der Waals surface area contributed by atoms with Gasteiger partial charge in [0.1, 0.15) is 23.5 Å². The molecule has 2 aromatic carbocycles. The Hall–Kier alpha value is -3.81. The van der Waals surface area contributed by atoms with E-state index in [-0.39, 0.29) is 11.9 Å². The highest BCUT2D eigenvalue weighted by Gasteiger charge is 2.22. The van der Waals surface area contributed by atoms with Gasteiger partial charge < -0.3 is 10.3 Å². The Kier molecular flexibility index (Phi) is 4.16. The zero-order valence-corrected chi connectivity index (χ0v) is 15.7. The molecule has 0 radical (unpaired) electrons. The van der Waals surface area contributed by atoms with Crippen LogP contribution in [-0.2, 0) is 0 Å². The summed E-state index contributed by atoms with van der Waals surface area (Å²) >= 11 is 0. The fourth-order valence-corrected chi connectivity index (χ4v) is 3.54. The molecular formula is C21H18FN7. The van der Waals surface area contributed by atoms with Crippen LogP contribution in [0.2, 0.25) is 0 Å². The van der Waals surface area contributed by atoms with Gasteiger partial charge in [-0.25, -0.2) is 24.3 Å². The lowest BCUT2D eigenvalue weighted by molar-refractivity contribution is 0.629. The summed E-state index contributed by atoms with van der Waals surface area (Å²) in [5.74, 6) is 1.14. The quantitative estimate of drug-likeness (QED) is 0.467. The smallest absolute Gasteiger partial charge is 0.182 e. The Morgan fingerprint density at radius 3 is 2.79 bits per heavy atom. The number of anilines is 1. The predicted octanol–water partition coefficient (Wildman–Crippen LogP) is 4.39. The van der Waals surface area contributed by atoms with E-state index in [4.69, 9.17) is 4.98 Å². The number of hydrogen-bond donors (Lipinski definition) is 2. The van der Waals surface area contributed by atoms with E-state index in [2.05, 4.69) is 32.2 Å². The summed E-state index contributed by atoms with van der Waals surface area (Å²) in [7, 11) is 0. The summed E-state index contributed by atoms with van der Waals surface area (Å²) in [5, 5.41) is 3.46. The Bertz CT molecular complexity index is 1290. The summed E-state index contributed by atoms with van der Waals surface area (Å²) in [4.78, 5) is 20.6. The molecule has 7 nitrogen and oxygen atoms in total. The fourth-order valence-electron chi connectivity index (χ4n) is 3.54. The molecule has 0 saturated carbocycles. The molecule has 3 aromatic heterocycles. The van der Waals surface area contributed by atoms with Gasteiger partial charge in [0, 0.05) is 11.8 Å². The highest BCUT2D eigenvalue weighted by molar-refractivity contribution is 5.82. The van der Waals surface area contributed by atoms with Gasteiger partial charge in [0.25, 0.3) is 0 Å². The van der Waals surface area contributed by atoms with E-state index in [9.17, 15) is 4.39 Å². The van der Waals surface area contributed by atoms with Crippen LogP contribution in [-0.4, -0.2) is 29.5 Å². The lowest BCUT2D eigenvalue weighted by Crippen LogP contribution is -2.16. The molecule has 0 spiro atoms. The maximum absolute atomic E-state index is 14.0. The lowest BCUT2D eigenvalue weighted by atomic mass is 10.2. The minimum absolute atomic E-state index is 0.160. The van der Waals surface area contributed by atoms with Crippen molar-refractivity contribution < 1.29 is 4.39 Å². The maximum Gasteiger partial charge on any atom is 0.182 e. The molecule has 0 bridgehead atoms. The molecule has 0 amide bonds. The third kappa shape index (κ3) is 2.98. The minimum Gasteiger partial charge on any atom is -0.358 e. The number of hydrogen-bond acceptors (Lipinski definition) is 5. The van der Waals surface area contributed by atoms with Crippen molar-refractivity contribution >= 4 is 28.0 Å². The Morgan fingerprint density at radius 1 is 1.10 bits per heavy atom. The number of nitrogens with zero attached hydrogens (tertiary/aromatic N) is 5. The molecule has 5 aromatic rings. The van der Waals surface area contributed by atoms with Gasteiger partial charge in [0.05, 0.1) is 23.4 Å². The third-order valence-electron chi connectivity index (χ3n) is 4.91. The molecular weight excluding hydrogens is 369 g/mol. The van der Waals surface area contributed by atoms with E-state index in [1.807, 2.05) is 34.9 Å². The van der Waals surface area contributed by atoms with Crippen molar-refractivity contribution in [1.29, 1.82) is 0 Å². The molecule has 3 heterocycles. The van der Waals surface area contributed by atoms with Crippen LogP contribution in [0, 0.1) is 5.82 Å². The number of benzene rings is 2. The number of halogens is 1. The second-order valence-electron chi connectivity index (χ2n) is 6.70. The Morgan fingerprint density at radius 2 is 1.97 bits per heavy atom. The molecule has 0 aliphatic carbocycles. The van der Waals surface area contributed by atoms with E-state index < -0.39 is 0 Å². The topological polar surface area (TPSA) is 84.3 Å². The Balaban J connectivity index is 1.67. The SMILES string of the molecule is CCC(Nc1ncnc2nc[nH]c12)c1nc2ccc(F)cc2n1-c1ccccc1. The summed E-state index contributed by atoms with van der Waals surface area (Å²) in [6.45, 7) is 2.07. The monoisotopic (exact) mass is 387 g/mol. The first kappa shape index (κ1) is 17.3. The molecule has 1 unspecified atom stereocenters. The third-order valence-corrected chi connectivity index (χ3v) is 4.91. The van der Waals surface area contributed by atoms with Gasteiger partial charge in [-0.15, -0.1) is 0 Å². The second-order valence-corrected chi connectivity index (χ2v) is 6.70. The molecule has 2 N–H and O–H groups in total. The van der Waals surface area contributed by atoms with Crippen LogP contribution < -0.4 is 5.32 Å². The van der Waals surface area contributed by atoms with Crippen LogP contribution in [0.1, 0.15) is 25.2 Å². The van der Waals surface area contributed by atoms with Crippen LogP contribution in [0.3, 0.4) is 0 Å². The van der Waals surface area contributed by atoms with Crippen molar-refractivity contribution in [2.45, 2.75) is 19.4 Å². The van der Waals surface area contributed by atoms with Crippen LogP contribution in [0.15, 0.2) is 61.2 Å². The standard InChI is InChI=1S/C21H18FN7/c1-2-15(27-20-18-19(24-11-23-18)25-12-26-20)21-28-16-9-8-13(22)10-17(16)29(21)14-6-4-3-5-7-14/h3-12,15H,2H2,1H3,(H2,23,24,25,26,27).